The van der Waals surface area contributed by atoms with Gasteiger partial charge in [-0.25, -0.2) is 0 Å². The van der Waals surface area contributed by atoms with Crippen LogP contribution in [-0.4, -0.2) is 46.0 Å². The average Bonchev–Trinajstić information content (AvgIpc) is 3.19. The predicted molar refractivity (Wildman–Crippen MR) is 145 cm³/mol. The second-order valence-corrected chi connectivity index (χ2v) is 9.25. The second kappa shape index (κ2) is 11.9. The number of fused-ring (bicyclic) bond motifs is 1. The van der Waals surface area contributed by atoms with E-state index in [0.29, 0.717) is 29.0 Å². The van der Waals surface area contributed by atoms with Crippen LogP contribution in [0, 0.1) is 5.92 Å². The molecule has 0 unspecified atom stereocenters. The molecule has 0 saturated carbocycles. The van der Waals surface area contributed by atoms with Crippen molar-refractivity contribution < 1.29 is 24.6 Å². The molecule has 3 aromatic carbocycles. The number of hydrogen-bond donors (Lipinski definition) is 4. The number of aliphatic hydroxyl groups is 2. The number of carbonyl (C=O) groups excluding carboxylic acids is 3. The van der Waals surface area contributed by atoms with Crippen molar-refractivity contribution >= 4 is 29.1 Å². The number of nitrogens with one attached hydrogen (secondary N) is 2. The van der Waals surface area contributed by atoms with Crippen LogP contribution >= 0.6 is 0 Å². The molecule has 0 spiro atoms. The summed E-state index contributed by atoms with van der Waals surface area (Å²) < 4.78 is 0. The van der Waals surface area contributed by atoms with Crippen LogP contribution in [0.1, 0.15) is 34.8 Å². The fourth-order valence-corrected chi connectivity index (χ4v) is 4.49. The molecule has 0 radical (unpaired) electrons. The van der Waals surface area contributed by atoms with Gasteiger partial charge < -0.3 is 25.7 Å². The molecule has 2 atom stereocenters. The van der Waals surface area contributed by atoms with Gasteiger partial charge in [-0.1, -0.05) is 67.6 Å². The number of amides is 3. The van der Waals surface area contributed by atoms with E-state index in [1.54, 1.807) is 66.4 Å². The molecular formula is C30H31N3O5. The van der Waals surface area contributed by atoms with Crippen LogP contribution in [-0.2, 0) is 21.7 Å². The predicted octanol–water partition coefficient (Wildman–Crippen LogP) is 3.68. The van der Waals surface area contributed by atoms with Gasteiger partial charge in [-0.2, -0.15) is 0 Å². The summed E-state index contributed by atoms with van der Waals surface area (Å²) in [7, 11) is 0. The zero-order valence-electron chi connectivity index (χ0n) is 21.1. The van der Waals surface area contributed by atoms with Gasteiger partial charge in [-0.15, -0.1) is 0 Å². The molecule has 1 aliphatic heterocycles. The third-order valence-corrected chi connectivity index (χ3v) is 6.63. The Morgan fingerprint density at radius 2 is 1.74 bits per heavy atom. The minimum absolute atomic E-state index is 0.0505. The lowest BCUT2D eigenvalue weighted by molar-refractivity contribution is -0.137. The van der Waals surface area contributed by atoms with E-state index in [-0.39, 0.29) is 31.4 Å². The molecule has 0 fully saturated rings. The first-order chi connectivity index (χ1) is 18.3. The van der Waals surface area contributed by atoms with Crippen molar-refractivity contribution in [3.8, 4) is 0 Å². The zero-order valence-corrected chi connectivity index (χ0v) is 21.1. The summed E-state index contributed by atoms with van der Waals surface area (Å²) in [6.07, 6.45) is 3.32. The summed E-state index contributed by atoms with van der Waals surface area (Å²) in [5.41, 5.74) is 0.819. The van der Waals surface area contributed by atoms with E-state index in [9.17, 15) is 24.6 Å². The van der Waals surface area contributed by atoms with Crippen molar-refractivity contribution in [2.75, 3.05) is 23.8 Å². The van der Waals surface area contributed by atoms with E-state index in [0.717, 1.165) is 5.56 Å². The number of aliphatic hydroxyl groups excluding tert-OH is 1. The molecule has 0 bridgehead atoms. The number of rotatable bonds is 10. The first kappa shape index (κ1) is 26.8. The third kappa shape index (κ3) is 5.82. The SMILES string of the molecule is C[C@@H](/C=C/CC(=O)N(CCO)Cc1ccccc1)[C@]1(O)C(=O)Nc2ccc(NC(=O)c3ccccc3)cc21. The van der Waals surface area contributed by atoms with Gasteiger partial charge in [-0.3, -0.25) is 14.4 Å². The van der Waals surface area contributed by atoms with E-state index < -0.39 is 17.4 Å². The Bertz CT molecular complexity index is 1330. The highest BCUT2D eigenvalue weighted by Gasteiger charge is 2.48. The minimum Gasteiger partial charge on any atom is -0.395 e. The van der Waals surface area contributed by atoms with Gasteiger partial charge in [0.1, 0.15) is 0 Å². The maximum atomic E-state index is 12.9. The second-order valence-electron chi connectivity index (χ2n) is 9.25. The van der Waals surface area contributed by atoms with Gasteiger partial charge in [0.15, 0.2) is 5.60 Å². The lowest BCUT2D eigenvalue weighted by atomic mass is 9.82. The van der Waals surface area contributed by atoms with E-state index in [1.807, 2.05) is 36.4 Å². The number of nitrogens with zero attached hydrogens (tertiary/aromatic N) is 1. The third-order valence-electron chi connectivity index (χ3n) is 6.63. The minimum atomic E-state index is -1.88. The molecule has 3 amide bonds. The van der Waals surface area contributed by atoms with Crippen LogP contribution in [0.2, 0.25) is 0 Å². The lowest BCUT2D eigenvalue weighted by Gasteiger charge is -2.26. The quantitative estimate of drug-likeness (QED) is 0.309. The van der Waals surface area contributed by atoms with Gasteiger partial charge in [0.25, 0.3) is 11.8 Å². The van der Waals surface area contributed by atoms with Gasteiger partial charge in [-0.05, 0) is 35.9 Å². The summed E-state index contributed by atoms with van der Waals surface area (Å²) in [6, 6.07) is 23.1. The molecule has 0 aromatic heterocycles. The molecule has 4 rings (SSSR count). The maximum Gasteiger partial charge on any atom is 0.261 e. The van der Waals surface area contributed by atoms with Gasteiger partial charge in [0.2, 0.25) is 5.91 Å². The molecule has 0 aliphatic carbocycles. The fraction of sp³-hybridized carbons (Fsp3) is 0.233. The molecule has 8 heteroatoms. The van der Waals surface area contributed by atoms with Crippen molar-refractivity contribution in [1.29, 1.82) is 0 Å². The van der Waals surface area contributed by atoms with Gasteiger partial charge in [0, 0.05) is 47.9 Å². The maximum absolute atomic E-state index is 12.9. The number of carbonyl (C=O) groups is 3. The Morgan fingerprint density at radius 3 is 2.42 bits per heavy atom. The number of anilines is 2. The van der Waals surface area contributed by atoms with Crippen LogP contribution in [0.15, 0.2) is 91.0 Å². The topological polar surface area (TPSA) is 119 Å². The standard InChI is InChI=1S/C30H31N3O5/c1-21(9-8-14-27(35)33(17-18-34)20-22-10-4-2-5-11-22)30(38)25-19-24(15-16-26(25)32-29(30)37)31-28(36)23-12-6-3-7-13-23/h2-13,15-16,19,21,34,38H,14,17-18,20H2,1H3,(H,31,36)(H,32,37)/b9-8+/t21-,30+/m0/s1. The van der Waals surface area contributed by atoms with Gasteiger partial charge >= 0.3 is 0 Å². The normalized spacial score (nSPS) is 17.1. The molecule has 0 saturated heterocycles. The zero-order chi connectivity index (χ0) is 27.1. The largest absolute Gasteiger partial charge is 0.395 e. The lowest BCUT2D eigenvalue weighted by Crippen LogP contribution is -2.39. The summed E-state index contributed by atoms with van der Waals surface area (Å²) in [5, 5.41) is 26.4. The number of hydrogen-bond acceptors (Lipinski definition) is 5. The van der Waals surface area contributed by atoms with Crippen LogP contribution in [0.3, 0.4) is 0 Å². The molecule has 4 N–H and O–H groups in total. The molecule has 3 aromatic rings. The van der Waals surface area contributed by atoms with Crippen LogP contribution < -0.4 is 10.6 Å². The first-order valence-corrected chi connectivity index (χ1v) is 12.5. The van der Waals surface area contributed by atoms with Crippen molar-refractivity contribution in [3.63, 3.8) is 0 Å². The molecule has 196 valence electrons. The molecule has 8 nitrogen and oxygen atoms in total. The molecule has 1 aliphatic rings. The van der Waals surface area contributed by atoms with Crippen molar-refractivity contribution in [1.82, 2.24) is 4.90 Å². The van der Waals surface area contributed by atoms with Crippen molar-refractivity contribution in [3.05, 3.63) is 108 Å². The highest BCUT2D eigenvalue weighted by molar-refractivity contribution is 6.07. The molecule has 38 heavy (non-hydrogen) atoms. The smallest absolute Gasteiger partial charge is 0.261 e. The first-order valence-electron chi connectivity index (χ1n) is 12.5. The summed E-state index contributed by atoms with van der Waals surface area (Å²) in [4.78, 5) is 39.8. The Balaban J connectivity index is 1.46. The van der Waals surface area contributed by atoms with Crippen molar-refractivity contribution in [2.45, 2.75) is 25.5 Å². The molecular weight excluding hydrogens is 482 g/mol. The monoisotopic (exact) mass is 513 g/mol. The van der Waals surface area contributed by atoms with Crippen molar-refractivity contribution in [2.24, 2.45) is 5.92 Å². The Hall–Kier alpha value is -4.27. The van der Waals surface area contributed by atoms with Gasteiger partial charge in [0.05, 0.1) is 6.61 Å². The van der Waals surface area contributed by atoms with Crippen LogP contribution in [0.25, 0.3) is 0 Å². The highest BCUT2D eigenvalue weighted by Crippen LogP contribution is 2.43. The summed E-state index contributed by atoms with van der Waals surface area (Å²) >= 11 is 0. The van der Waals surface area contributed by atoms with Crippen LogP contribution in [0.5, 0.6) is 0 Å². The van der Waals surface area contributed by atoms with E-state index in [2.05, 4.69) is 10.6 Å². The highest BCUT2D eigenvalue weighted by atomic mass is 16.3. The Kier molecular flexibility index (Phi) is 8.35. The Labute approximate surface area is 221 Å². The van der Waals surface area contributed by atoms with E-state index in [1.165, 1.54) is 0 Å². The van der Waals surface area contributed by atoms with E-state index in [4.69, 9.17) is 0 Å². The van der Waals surface area contributed by atoms with Crippen LogP contribution in [0.4, 0.5) is 11.4 Å². The Morgan fingerprint density at radius 1 is 1.05 bits per heavy atom. The molecule has 1 heterocycles. The number of benzene rings is 3. The average molecular weight is 514 g/mol. The fourth-order valence-electron chi connectivity index (χ4n) is 4.49. The van der Waals surface area contributed by atoms with E-state index >= 15 is 0 Å². The summed E-state index contributed by atoms with van der Waals surface area (Å²) in [6.45, 7) is 2.12. The summed E-state index contributed by atoms with van der Waals surface area (Å²) in [5.74, 6) is -1.73.